The summed E-state index contributed by atoms with van der Waals surface area (Å²) in [7, 11) is -3.94. The molecule has 0 aromatic heterocycles. The van der Waals surface area contributed by atoms with Crippen molar-refractivity contribution in [1.82, 2.24) is 4.72 Å². The lowest BCUT2D eigenvalue weighted by molar-refractivity contribution is -0.137. The van der Waals surface area contributed by atoms with Crippen molar-refractivity contribution in [3.63, 3.8) is 0 Å². The molecule has 8 heteroatoms. The lowest BCUT2D eigenvalue weighted by atomic mass is 9.97. The number of halogens is 3. The van der Waals surface area contributed by atoms with Gasteiger partial charge >= 0.3 is 6.18 Å². The highest BCUT2D eigenvalue weighted by atomic mass is 32.2. The first-order chi connectivity index (χ1) is 9.54. The van der Waals surface area contributed by atoms with E-state index in [-0.39, 0.29) is 17.9 Å². The van der Waals surface area contributed by atoms with Crippen LogP contribution in [0.3, 0.4) is 0 Å². The maximum atomic E-state index is 12.4. The van der Waals surface area contributed by atoms with Crippen LogP contribution < -0.4 is 4.72 Å². The van der Waals surface area contributed by atoms with Gasteiger partial charge in [0.2, 0.25) is 10.0 Å². The molecule has 0 spiro atoms. The summed E-state index contributed by atoms with van der Waals surface area (Å²) in [5, 5.41) is 8.97. The average molecular weight is 325 g/mol. The quantitative estimate of drug-likeness (QED) is 0.845. The zero-order chi connectivity index (χ0) is 16.3. The molecule has 0 aliphatic carbocycles. The summed E-state index contributed by atoms with van der Waals surface area (Å²) in [6.45, 7) is 3.19. The van der Waals surface area contributed by atoms with Gasteiger partial charge in [-0.1, -0.05) is 6.92 Å². The third kappa shape index (κ3) is 4.69. The number of hydrogen-bond donors (Lipinski definition) is 2. The maximum Gasteiger partial charge on any atom is 0.416 e. The summed E-state index contributed by atoms with van der Waals surface area (Å²) >= 11 is 0. The van der Waals surface area contributed by atoms with Crippen molar-refractivity contribution in [3.8, 4) is 0 Å². The van der Waals surface area contributed by atoms with Crippen molar-refractivity contribution in [3.05, 3.63) is 29.8 Å². The predicted octanol–water partition coefficient (Wildman–Crippen LogP) is 2.53. The standard InChI is InChI=1S/C13H18F3NO3S/c1-3-12(2,8-9-18)17-21(19,20)11-6-4-10(5-7-11)13(14,15)16/h4-7,17-18H,3,8-9H2,1-2H3. The van der Waals surface area contributed by atoms with Crippen LogP contribution in [0.2, 0.25) is 0 Å². The zero-order valence-corrected chi connectivity index (χ0v) is 12.6. The highest BCUT2D eigenvalue weighted by Gasteiger charge is 2.32. The molecule has 1 atom stereocenters. The van der Waals surface area contributed by atoms with Crippen molar-refractivity contribution >= 4 is 10.0 Å². The molecule has 0 fully saturated rings. The Kier molecular flexibility index (Phi) is 5.40. The van der Waals surface area contributed by atoms with Crippen molar-refractivity contribution in [2.75, 3.05) is 6.61 Å². The second-order valence-corrected chi connectivity index (χ2v) is 6.70. The van der Waals surface area contributed by atoms with E-state index in [2.05, 4.69) is 4.72 Å². The van der Waals surface area contributed by atoms with Crippen LogP contribution in [0.5, 0.6) is 0 Å². The Labute approximate surface area is 122 Å². The van der Waals surface area contributed by atoms with Crippen LogP contribution in [0.15, 0.2) is 29.2 Å². The molecule has 0 aliphatic rings. The van der Waals surface area contributed by atoms with Gasteiger partial charge in [0.15, 0.2) is 0 Å². The van der Waals surface area contributed by atoms with Crippen molar-refractivity contribution in [2.24, 2.45) is 0 Å². The van der Waals surface area contributed by atoms with Gasteiger partial charge in [0.25, 0.3) is 0 Å². The molecule has 0 heterocycles. The maximum absolute atomic E-state index is 12.4. The highest BCUT2D eigenvalue weighted by molar-refractivity contribution is 7.89. The minimum atomic E-state index is -4.51. The number of benzene rings is 1. The van der Waals surface area contributed by atoms with E-state index in [0.29, 0.717) is 6.42 Å². The van der Waals surface area contributed by atoms with Gasteiger partial charge in [-0.3, -0.25) is 0 Å². The van der Waals surface area contributed by atoms with Gasteiger partial charge < -0.3 is 5.11 Å². The monoisotopic (exact) mass is 325 g/mol. The Bertz CT molecular complexity index is 569. The van der Waals surface area contributed by atoms with Gasteiger partial charge in [-0.25, -0.2) is 13.1 Å². The van der Waals surface area contributed by atoms with Crippen molar-refractivity contribution < 1.29 is 26.7 Å². The van der Waals surface area contributed by atoms with Crippen LogP contribution in [-0.2, 0) is 16.2 Å². The fourth-order valence-electron chi connectivity index (χ4n) is 1.75. The molecule has 21 heavy (non-hydrogen) atoms. The molecule has 0 saturated heterocycles. The number of aliphatic hydroxyl groups excluding tert-OH is 1. The topological polar surface area (TPSA) is 66.4 Å². The molecule has 1 unspecified atom stereocenters. The first-order valence-corrected chi connectivity index (χ1v) is 7.84. The lowest BCUT2D eigenvalue weighted by Crippen LogP contribution is -2.46. The molecule has 0 saturated carbocycles. The number of sulfonamides is 1. The van der Waals surface area contributed by atoms with Gasteiger partial charge in [0.1, 0.15) is 0 Å². The molecule has 120 valence electrons. The fraction of sp³-hybridized carbons (Fsp3) is 0.538. The molecule has 0 aliphatic heterocycles. The Morgan fingerprint density at radius 1 is 1.19 bits per heavy atom. The van der Waals surface area contributed by atoms with Crippen LogP contribution in [-0.4, -0.2) is 25.7 Å². The molecular weight excluding hydrogens is 307 g/mol. The number of nitrogens with one attached hydrogen (secondary N) is 1. The summed E-state index contributed by atoms with van der Waals surface area (Å²) in [4.78, 5) is -0.242. The molecule has 0 amide bonds. The number of rotatable bonds is 6. The molecule has 1 aromatic carbocycles. The second-order valence-electron chi connectivity index (χ2n) is 5.02. The summed E-state index contributed by atoms with van der Waals surface area (Å²) in [6.07, 6.45) is -3.86. The first kappa shape index (κ1) is 17.9. The number of alkyl halides is 3. The van der Waals surface area contributed by atoms with E-state index in [0.717, 1.165) is 24.3 Å². The van der Waals surface area contributed by atoms with Crippen LogP contribution in [0.4, 0.5) is 13.2 Å². The van der Waals surface area contributed by atoms with E-state index >= 15 is 0 Å². The van der Waals surface area contributed by atoms with Gasteiger partial charge in [-0.05, 0) is 44.0 Å². The predicted molar refractivity (Wildman–Crippen MR) is 72.2 cm³/mol. The molecular formula is C13H18F3NO3S. The van der Waals surface area contributed by atoms with Crippen LogP contribution in [0.25, 0.3) is 0 Å². The normalized spacial score (nSPS) is 15.7. The average Bonchev–Trinajstić information content (AvgIpc) is 2.37. The smallest absolute Gasteiger partial charge is 0.396 e. The molecule has 1 aromatic rings. The molecule has 0 radical (unpaired) electrons. The van der Waals surface area contributed by atoms with E-state index < -0.39 is 27.3 Å². The zero-order valence-electron chi connectivity index (χ0n) is 11.7. The molecule has 0 bridgehead atoms. The van der Waals surface area contributed by atoms with Gasteiger partial charge in [-0.15, -0.1) is 0 Å². The molecule has 4 nitrogen and oxygen atoms in total. The lowest BCUT2D eigenvalue weighted by Gasteiger charge is -2.28. The summed E-state index contributed by atoms with van der Waals surface area (Å²) < 4.78 is 64.1. The SMILES string of the molecule is CCC(C)(CCO)NS(=O)(=O)c1ccc(C(F)(F)F)cc1. The minimum absolute atomic E-state index is 0.195. The first-order valence-electron chi connectivity index (χ1n) is 6.36. The highest BCUT2D eigenvalue weighted by Crippen LogP contribution is 2.30. The molecule has 2 N–H and O–H groups in total. The largest absolute Gasteiger partial charge is 0.416 e. The second kappa shape index (κ2) is 6.33. The summed E-state index contributed by atoms with van der Waals surface area (Å²) in [5.41, 5.74) is -1.76. The van der Waals surface area contributed by atoms with Crippen LogP contribution >= 0.6 is 0 Å². The van der Waals surface area contributed by atoms with Crippen LogP contribution in [0, 0.1) is 0 Å². The van der Waals surface area contributed by atoms with Crippen LogP contribution in [0.1, 0.15) is 32.3 Å². The van der Waals surface area contributed by atoms with E-state index in [4.69, 9.17) is 5.11 Å². The van der Waals surface area contributed by atoms with E-state index in [9.17, 15) is 21.6 Å². The van der Waals surface area contributed by atoms with Gasteiger partial charge in [0.05, 0.1) is 10.5 Å². The third-order valence-electron chi connectivity index (χ3n) is 3.32. The molecule has 1 rings (SSSR count). The fourth-order valence-corrected chi connectivity index (χ4v) is 3.26. The number of aliphatic hydroxyl groups is 1. The Morgan fingerprint density at radius 2 is 1.71 bits per heavy atom. The Balaban J connectivity index is 3.03. The van der Waals surface area contributed by atoms with Crippen molar-refractivity contribution in [1.29, 1.82) is 0 Å². The van der Waals surface area contributed by atoms with E-state index in [1.807, 2.05) is 0 Å². The van der Waals surface area contributed by atoms with E-state index in [1.165, 1.54) is 0 Å². The third-order valence-corrected chi connectivity index (χ3v) is 4.97. The van der Waals surface area contributed by atoms with Gasteiger partial charge in [0, 0.05) is 12.1 Å². The summed E-state index contributed by atoms with van der Waals surface area (Å²) in [6, 6.07) is 3.29. The van der Waals surface area contributed by atoms with Gasteiger partial charge in [-0.2, -0.15) is 13.2 Å². The number of hydrogen-bond acceptors (Lipinski definition) is 3. The Hall–Kier alpha value is -1.12. The van der Waals surface area contributed by atoms with Crippen molar-refractivity contribution in [2.45, 2.75) is 43.3 Å². The Morgan fingerprint density at radius 3 is 2.10 bits per heavy atom. The summed E-state index contributed by atoms with van der Waals surface area (Å²) in [5.74, 6) is 0. The van der Waals surface area contributed by atoms with E-state index in [1.54, 1.807) is 13.8 Å². The minimum Gasteiger partial charge on any atom is -0.396 e.